The average molecular weight is 648 g/mol. The second kappa shape index (κ2) is 36.4. The molecule has 5 nitrogen and oxygen atoms in total. The number of aliphatic hydroxyl groups excluding tert-OH is 3. The minimum Gasteiger partial charge on any atom is -0.394 e. The van der Waals surface area contributed by atoms with Gasteiger partial charge in [-0.15, -0.1) is 0 Å². The van der Waals surface area contributed by atoms with Crippen molar-refractivity contribution in [3.8, 4) is 0 Å². The normalized spacial score (nSPS) is 14.1. The van der Waals surface area contributed by atoms with E-state index in [1.54, 1.807) is 6.08 Å². The Balaban J connectivity index is 3.75. The molecule has 0 aromatic carbocycles. The first-order valence-electron chi connectivity index (χ1n) is 19.8. The predicted octanol–water partition coefficient (Wildman–Crippen LogP) is 10.8. The highest BCUT2D eigenvalue weighted by atomic mass is 16.3. The number of rotatable bonds is 35. The third kappa shape index (κ3) is 32.5. The maximum atomic E-state index is 12.4. The molecule has 0 fully saturated rings. The lowest BCUT2D eigenvalue weighted by Crippen LogP contribution is -2.45. The summed E-state index contributed by atoms with van der Waals surface area (Å²) < 4.78 is 0. The highest BCUT2D eigenvalue weighted by Crippen LogP contribution is 2.14. The molecule has 5 heteroatoms. The zero-order valence-corrected chi connectivity index (χ0v) is 30.5. The molecule has 0 aromatic rings. The lowest BCUT2D eigenvalue weighted by molar-refractivity contribution is -0.124. The first kappa shape index (κ1) is 44.6. The number of unbranched alkanes of at least 4 members (excludes halogenated alkanes) is 22. The van der Waals surface area contributed by atoms with Crippen LogP contribution in [0, 0.1) is 0 Å². The van der Waals surface area contributed by atoms with Crippen molar-refractivity contribution in [1.82, 2.24) is 5.32 Å². The van der Waals surface area contributed by atoms with Crippen LogP contribution in [0.25, 0.3) is 0 Å². The van der Waals surface area contributed by atoms with Gasteiger partial charge in [0.25, 0.3) is 0 Å². The molecule has 0 saturated heterocycles. The van der Waals surface area contributed by atoms with Gasteiger partial charge in [0.1, 0.15) is 0 Å². The lowest BCUT2D eigenvalue weighted by atomic mass is 10.0. The highest BCUT2D eigenvalue weighted by Gasteiger charge is 2.20. The zero-order valence-electron chi connectivity index (χ0n) is 30.5. The van der Waals surface area contributed by atoms with Crippen LogP contribution < -0.4 is 5.32 Å². The van der Waals surface area contributed by atoms with Gasteiger partial charge in [-0.1, -0.05) is 172 Å². The van der Waals surface area contributed by atoms with Gasteiger partial charge in [0, 0.05) is 0 Å². The van der Waals surface area contributed by atoms with Crippen molar-refractivity contribution in [2.24, 2.45) is 0 Å². The van der Waals surface area contributed by atoms with Crippen LogP contribution in [-0.4, -0.2) is 46.1 Å². The van der Waals surface area contributed by atoms with E-state index in [1.165, 1.54) is 122 Å². The molecule has 0 radical (unpaired) electrons. The van der Waals surface area contributed by atoms with Gasteiger partial charge in [-0.2, -0.15) is 0 Å². The minimum atomic E-state index is -0.931. The number of carbonyl (C=O) groups is 1. The Bertz CT molecular complexity index is 719. The highest BCUT2D eigenvalue weighted by molar-refractivity contribution is 5.76. The van der Waals surface area contributed by atoms with Crippen LogP contribution in [0.4, 0.5) is 0 Å². The average Bonchev–Trinajstić information content (AvgIpc) is 3.05. The van der Waals surface area contributed by atoms with Crippen molar-refractivity contribution in [3.63, 3.8) is 0 Å². The monoisotopic (exact) mass is 648 g/mol. The molecule has 0 aromatic heterocycles. The van der Waals surface area contributed by atoms with E-state index in [9.17, 15) is 20.1 Å². The molecule has 0 bridgehead atoms. The van der Waals surface area contributed by atoms with Gasteiger partial charge < -0.3 is 20.6 Å². The van der Waals surface area contributed by atoms with Crippen molar-refractivity contribution in [2.75, 3.05) is 6.61 Å². The molecule has 0 aliphatic carbocycles. The Morgan fingerprint density at radius 2 is 0.978 bits per heavy atom. The van der Waals surface area contributed by atoms with E-state index >= 15 is 0 Å². The van der Waals surface area contributed by atoms with Crippen molar-refractivity contribution < 1.29 is 20.1 Å². The SMILES string of the molecule is CCCCC/C=C\C/C=C\CCCCCCCC(O)CC(=O)NC(CO)C(O)/C=C/CCCCCCCCCCCCCCCC. The van der Waals surface area contributed by atoms with Gasteiger partial charge in [0.15, 0.2) is 0 Å². The Morgan fingerprint density at radius 1 is 0.565 bits per heavy atom. The summed E-state index contributed by atoms with van der Waals surface area (Å²) in [6.07, 6.45) is 44.1. The van der Waals surface area contributed by atoms with Crippen LogP contribution >= 0.6 is 0 Å². The molecule has 0 aliphatic heterocycles. The van der Waals surface area contributed by atoms with E-state index in [2.05, 4.69) is 43.5 Å². The molecule has 4 N–H and O–H groups in total. The number of allylic oxidation sites excluding steroid dienone is 5. The van der Waals surface area contributed by atoms with Crippen molar-refractivity contribution in [1.29, 1.82) is 0 Å². The third-order valence-electron chi connectivity index (χ3n) is 8.92. The first-order chi connectivity index (χ1) is 22.5. The topological polar surface area (TPSA) is 89.8 Å². The van der Waals surface area contributed by atoms with Gasteiger partial charge in [0.05, 0.1) is 31.3 Å². The molecule has 0 rings (SSSR count). The fourth-order valence-electron chi connectivity index (χ4n) is 5.84. The quantitative estimate of drug-likeness (QED) is 0.0407. The second-order valence-corrected chi connectivity index (χ2v) is 13.5. The number of aliphatic hydroxyl groups is 3. The summed E-state index contributed by atoms with van der Waals surface area (Å²) in [6, 6.07) is -0.747. The molecule has 3 atom stereocenters. The molecule has 1 amide bonds. The summed E-state index contributed by atoms with van der Waals surface area (Å²) in [5.74, 6) is -0.325. The molecule has 46 heavy (non-hydrogen) atoms. The zero-order chi connectivity index (χ0) is 33.8. The summed E-state index contributed by atoms with van der Waals surface area (Å²) in [6.45, 7) is 4.17. The van der Waals surface area contributed by atoms with Crippen molar-refractivity contribution in [3.05, 3.63) is 36.5 Å². The van der Waals surface area contributed by atoms with E-state index in [0.29, 0.717) is 6.42 Å². The molecule has 0 saturated carbocycles. The Kier molecular flexibility index (Phi) is 35.3. The fraction of sp³-hybridized carbons (Fsp3) is 0.829. The fourth-order valence-corrected chi connectivity index (χ4v) is 5.84. The molecule has 0 spiro atoms. The van der Waals surface area contributed by atoms with Crippen LogP contribution in [0.15, 0.2) is 36.5 Å². The van der Waals surface area contributed by atoms with Crippen molar-refractivity contribution in [2.45, 2.75) is 212 Å². The predicted molar refractivity (Wildman–Crippen MR) is 199 cm³/mol. The molecular weight excluding hydrogens is 570 g/mol. The summed E-state index contributed by atoms with van der Waals surface area (Å²) in [4.78, 5) is 12.4. The van der Waals surface area contributed by atoms with Gasteiger partial charge >= 0.3 is 0 Å². The smallest absolute Gasteiger partial charge is 0.222 e. The van der Waals surface area contributed by atoms with E-state index < -0.39 is 18.2 Å². The largest absolute Gasteiger partial charge is 0.394 e. The summed E-state index contributed by atoms with van der Waals surface area (Å²) in [7, 11) is 0. The van der Waals surface area contributed by atoms with Crippen LogP contribution in [-0.2, 0) is 4.79 Å². The van der Waals surface area contributed by atoms with E-state index in [1.807, 2.05) is 6.08 Å². The Morgan fingerprint density at radius 3 is 1.48 bits per heavy atom. The number of carbonyl (C=O) groups excluding carboxylic acids is 1. The van der Waals surface area contributed by atoms with Crippen LogP contribution in [0.3, 0.4) is 0 Å². The maximum absolute atomic E-state index is 12.4. The van der Waals surface area contributed by atoms with Gasteiger partial charge in [-0.25, -0.2) is 0 Å². The molecule has 270 valence electrons. The molecule has 0 aliphatic rings. The van der Waals surface area contributed by atoms with Gasteiger partial charge in [-0.3, -0.25) is 4.79 Å². The number of hydrogen-bond donors (Lipinski definition) is 4. The van der Waals surface area contributed by atoms with Crippen LogP contribution in [0.5, 0.6) is 0 Å². The van der Waals surface area contributed by atoms with E-state index in [4.69, 9.17) is 0 Å². The van der Waals surface area contributed by atoms with Gasteiger partial charge in [0.2, 0.25) is 5.91 Å². The Hall–Kier alpha value is -1.43. The van der Waals surface area contributed by atoms with Crippen molar-refractivity contribution >= 4 is 5.91 Å². The first-order valence-corrected chi connectivity index (χ1v) is 19.8. The maximum Gasteiger partial charge on any atom is 0.222 e. The number of amides is 1. The number of hydrogen-bond acceptors (Lipinski definition) is 4. The second-order valence-electron chi connectivity index (χ2n) is 13.5. The molecular formula is C41H77NO4. The summed E-state index contributed by atoms with van der Waals surface area (Å²) in [5, 5.41) is 33.1. The van der Waals surface area contributed by atoms with Gasteiger partial charge in [-0.05, 0) is 51.4 Å². The van der Waals surface area contributed by atoms with Crippen LogP contribution in [0.1, 0.15) is 194 Å². The van der Waals surface area contributed by atoms with E-state index in [0.717, 1.165) is 44.9 Å². The summed E-state index contributed by atoms with van der Waals surface area (Å²) in [5.41, 5.74) is 0. The lowest BCUT2D eigenvalue weighted by Gasteiger charge is -2.21. The van der Waals surface area contributed by atoms with E-state index in [-0.39, 0.29) is 18.9 Å². The minimum absolute atomic E-state index is 0.00380. The molecule has 3 unspecified atom stereocenters. The summed E-state index contributed by atoms with van der Waals surface area (Å²) >= 11 is 0. The molecule has 0 heterocycles. The Labute approximate surface area is 285 Å². The van der Waals surface area contributed by atoms with Crippen LogP contribution in [0.2, 0.25) is 0 Å². The number of nitrogens with one attached hydrogen (secondary N) is 1. The standard InChI is InChI=1S/C41H77NO4/c1-3-5-7-9-11-13-15-17-19-21-23-25-27-29-31-33-35-40(45)39(37-43)42-41(46)36-38(44)34-32-30-28-26-24-22-20-18-16-14-12-10-8-6-4-2/h12,14,18,20,33,35,38-40,43-45H,3-11,13,15-17,19,21-32,34,36-37H2,1-2H3,(H,42,46)/b14-12-,20-18-,35-33+. The third-order valence-corrected chi connectivity index (χ3v) is 8.92.